The Morgan fingerprint density at radius 2 is 0.833 bits per heavy atom. The normalized spacial score (nSPS) is 10.4. The van der Waals surface area contributed by atoms with Gasteiger partial charge in [0, 0.05) is 37.0 Å². The van der Waals surface area contributed by atoms with Crippen molar-refractivity contribution in [2.24, 2.45) is 22.3 Å². The molecule has 8 nitrogen and oxygen atoms in total. The van der Waals surface area contributed by atoms with Gasteiger partial charge in [-0.1, -0.05) is 90.1 Å². The molecular weight excluding hydrogens is 524 g/mol. The van der Waals surface area contributed by atoms with Crippen LogP contribution in [0.15, 0.2) is 72.8 Å². The highest BCUT2D eigenvalue weighted by molar-refractivity contribution is 5.81. The van der Waals surface area contributed by atoms with Crippen LogP contribution in [0.3, 0.4) is 0 Å². The Hall–Kier alpha value is -4.50. The lowest BCUT2D eigenvalue weighted by Gasteiger charge is -2.17. The number of nitrogens with zero attached hydrogens (tertiary/aromatic N) is 2. The predicted molar refractivity (Wildman–Crippen MR) is 167 cm³/mol. The van der Waals surface area contributed by atoms with Gasteiger partial charge < -0.3 is 22.1 Å². The summed E-state index contributed by atoms with van der Waals surface area (Å²) >= 11 is 0. The molecule has 8 heteroatoms. The van der Waals surface area contributed by atoms with Crippen molar-refractivity contribution in [1.82, 2.24) is 10.6 Å². The Morgan fingerprint density at radius 3 is 1.10 bits per heavy atom. The van der Waals surface area contributed by atoms with Crippen LogP contribution in [0.4, 0.5) is 0 Å². The van der Waals surface area contributed by atoms with Crippen LogP contribution >= 0.6 is 0 Å². The average molecular weight is 569 g/mol. The van der Waals surface area contributed by atoms with Crippen molar-refractivity contribution in [1.29, 1.82) is 10.5 Å². The minimum absolute atomic E-state index is 0.0249. The van der Waals surface area contributed by atoms with Crippen LogP contribution < -0.4 is 22.1 Å². The molecule has 0 heterocycles. The van der Waals surface area contributed by atoms with E-state index in [-0.39, 0.29) is 22.6 Å². The van der Waals surface area contributed by atoms with E-state index in [1.54, 1.807) is 24.3 Å². The molecule has 3 aromatic rings. The summed E-state index contributed by atoms with van der Waals surface area (Å²) in [5, 5.41) is 22.8. The summed E-state index contributed by atoms with van der Waals surface area (Å²) in [5.41, 5.74) is 15.7. The number of rotatable bonds is 6. The fourth-order valence-corrected chi connectivity index (χ4v) is 3.10. The smallest absolute Gasteiger partial charge is 0.225 e. The monoisotopic (exact) mass is 568 g/mol. The van der Waals surface area contributed by atoms with Gasteiger partial charge in [0.05, 0.1) is 23.3 Å². The quantitative estimate of drug-likeness (QED) is 0.326. The lowest BCUT2D eigenvalue weighted by atomic mass is 9.95. The van der Waals surface area contributed by atoms with Crippen LogP contribution in [0.5, 0.6) is 0 Å². The first-order chi connectivity index (χ1) is 19.7. The van der Waals surface area contributed by atoms with Crippen LogP contribution in [0.1, 0.15) is 74.9 Å². The van der Waals surface area contributed by atoms with Gasteiger partial charge in [-0.05, 0) is 46.5 Å². The number of hydrogen-bond donors (Lipinski definition) is 4. The molecule has 0 aliphatic heterocycles. The van der Waals surface area contributed by atoms with Crippen molar-refractivity contribution in [3.05, 3.63) is 106 Å². The van der Waals surface area contributed by atoms with E-state index in [9.17, 15) is 9.59 Å². The minimum Gasteiger partial charge on any atom is -0.352 e. The van der Waals surface area contributed by atoms with Crippen LogP contribution in [0, 0.1) is 33.5 Å². The summed E-state index contributed by atoms with van der Waals surface area (Å²) < 4.78 is 0. The maximum Gasteiger partial charge on any atom is 0.225 e. The molecule has 0 bridgehead atoms. The summed E-state index contributed by atoms with van der Waals surface area (Å²) in [6.45, 7) is 13.5. The lowest BCUT2D eigenvalue weighted by molar-refractivity contribution is -0.129. The zero-order valence-corrected chi connectivity index (χ0v) is 25.6. The highest BCUT2D eigenvalue weighted by atomic mass is 16.2. The zero-order valence-electron chi connectivity index (χ0n) is 25.6. The van der Waals surface area contributed by atoms with Gasteiger partial charge in [0.25, 0.3) is 0 Å². The third kappa shape index (κ3) is 13.7. The first-order valence-corrected chi connectivity index (χ1v) is 13.8. The minimum atomic E-state index is -0.368. The van der Waals surface area contributed by atoms with E-state index in [2.05, 4.69) is 16.7 Å². The van der Waals surface area contributed by atoms with Gasteiger partial charge >= 0.3 is 0 Å². The molecule has 0 aliphatic rings. The van der Waals surface area contributed by atoms with Crippen molar-refractivity contribution in [3.8, 4) is 12.1 Å². The molecule has 0 fully saturated rings. The predicted octanol–water partition coefficient (Wildman–Crippen LogP) is 5.05. The van der Waals surface area contributed by atoms with Gasteiger partial charge in [0.2, 0.25) is 11.8 Å². The molecule has 0 spiro atoms. The third-order valence-electron chi connectivity index (χ3n) is 5.93. The summed E-state index contributed by atoms with van der Waals surface area (Å²) in [6.07, 6.45) is 0. The number of nitrogens with two attached hydrogens (primary N) is 2. The number of hydrogen-bond acceptors (Lipinski definition) is 6. The van der Waals surface area contributed by atoms with Gasteiger partial charge in [-0.3, -0.25) is 9.59 Å². The fraction of sp³-hybridized carbons (Fsp3) is 0.353. The molecule has 0 unspecified atom stereocenters. The summed E-state index contributed by atoms with van der Waals surface area (Å²) in [7, 11) is 0. The first kappa shape index (κ1) is 35.5. The molecule has 6 N–H and O–H groups in total. The molecule has 3 rings (SSSR count). The fourth-order valence-electron chi connectivity index (χ4n) is 3.10. The van der Waals surface area contributed by atoms with Crippen molar-refractivity contribution in [2.75, 3.05) is 0 Å². The second kappa shape index (κ2) is 17.3. The summed E-state index contributed by atoms with van der Waals surface area (Å²) in [4.78, 5) is 23.2. The Bertz CT molecular complexity index is 1340. The number of nitriles is 2. The second-order valence-electron chi connectivity index (χ2n) is 11.7. The molecule has 0 atom stereocenters. The number of carbonyl (C=O) groups excluding carboxylic acids is 2. The molecule has 222 valence electrons. The second-order valence-corrected chi connectivity index (χ2v) is 11.7. The summed E-state index contributed by atoms with van der Waals surface area (Å²) in [6, 6.07) is 26.5. The van der Waals surface area contributed by atoms with Crippen molar-refractivity contribution in [3.63, 3.8) is 0 Å². The van der Waals surface area contributed by atoms with Crippen LogP contribution in [-0.4, -0.2) is 11.8 Å². The lowest BCUT2D eigenvalue weighted by Crippen LogP contribution is -2.34. The highest BCUT2D eigenvalue weighted by Gasteiger charge is 2.21. The Labute approximate surface area is 250 Å². The van der Waals surface area contributed by atoms with Gasteiger partial charge in [-0.25, -0.2) is 0 Å². The Morgan fingerprint density at radius 1 is 0.571 bits per heavy atom. The molecule has 3 aromatic carbocycles. The van der Waals surface area contributed by atoms with Gasteiger partial charge in [0.1, 0.15) is 0 Å². The van der Waals surface area contributed by atoms with E-state index in [4.69, 9.17) is 22.0 Å². The van der Waals surface area contributed by atoms with Gasteiger partial charge in [-0.15, -0.1) is 0 Å². The highest BCUT2D eigenvalue weighted by Crippen LogP contribution is 2.14. The van der Waals surface area contributed by atoms with Crippen LogP contribution in [0.25, 0.3) is 0 Å². The molecular formula is C34H44N6O2. The van der Waals surface area contributed by atoms with E-state index in [0.717, 1.165) is 22.3 Å². The van der Waals surface area contributed by atoms with E-state index in [1.165, 1.54) is 0 Å². The Balaban J connectivity index is 0.000000324. The van der Waals surface area contributed by atoms with E-state index in [0.29, 0.717) is 37.3 Å². The number of carbonyl (C=O) groups is 2. The van der Waals surface area contributed by atoms with Crippen LogP contribution in [0.2, 0.25) is 0 Å². The molecule has 0 aliphatic carbocycles. The van der Waals surface area contributed by atoms with E-state index in [1.807, 2.05) is 96.1 Å². The molecule has 0 radical (unpaired) electrons. The average Bonchev–Trinajstić information content (AvgIpc) is 2.98. The SMILES string of the molecule is CC(C)(C)C(=O)NCc1ccc(C#N)cc1.CC(C)(C)C(=O)NCc1ccc(CN)cc1.N#Cc1ccc(CN)cc1. The van der Waals surface area contributed by atoms with Crippen LogP contribution in [-0.2, 0) is 35.8 Å². The molecule has 2 amide bonds. The maximum absolute atomic E-state index is 11.6. The Kier molecular flexibility index (Phi) is 14.7. The van der Waals surface area contributed by atoms with Gasteiger partial charge in [-0.2, -0.15) is 10.5 Å². The molecule has 42 heavy (non-hydrogen) atoms. The largest absolute Gasteiger partial charge is 0.352 e. The number of nitrogens with one attached hydrogen (secondary N) is 2. The van der Waals surface area contributed by atoms with E-state index < -0.39 is 0 Å². The standard InChI is InChI=1S/C13H20N2O.C13H16N2O.C8H8N2/c2*1-13(2,3)12(16)15-9-11-6-4-10(8-14)5-7-11;9-5-7-1-2-8(6-10)4-3-7/h4-7H,8-9,14H2,1-3H3,(H,15,16);4-7H,9H2,1-3H3,(H,15,16);1-4H,5,9H2. The number of benzene rings is 3. The molecule has 0 saturated heterocycles. The molecule has 0 saturated carbocycles. The van der Waals surface area contributed by atoms with Gasteiger partial charge in [0.15, 0.2) is 0 Å². The van der Waals surface area contributed by atoms with Crippen molar-refractivity contribution >= 4 is 11.8 Å². The maximum atomic E-state index is 11.6. The topological polar surface area (TPSA) is 158 Å². The third-order valence-corrected chi connectivity index (χ3v) is 5.93. The summed E-state index contributed by atoms with van der Waals surface area (Å²) in [5.74, 6) is 0.0901. The zero-order chi connectivity index (χ0) is 31.8. The van der Waals surface area contributed by atoms with Crippen molar-refractivity contribution in [2.45, 2.75) is 67.7 Å². The molecule has 0 aromatic heterocycles. The first-order valence-electron chi connectivity index (χ1n) is 13.8. The van der Waals surface area contributed by atoms with Crippen molar-refractivity contribution < 1.29 is 9.59 Å². The van der Waals surface area contributed by atoms with E-state index >= 15 is 0 Å². The number of amides is 2.